The smallest absolute Gasteiger partial charge is 0.328 e. The summed E-state index contributed by atoms with van der Waals surface area (Å²) in [4.78, 5) is 28.9. The standard InChI is InChI=1S/C17H13N3O3/c21-15-5-7-20(17(22)19-15)14-3-1-11(2-4-14)13-9-12-6-8-23-16(12)18-10-13/h1-4,6,8-10H,5,7H2,(H,19,21,22). The summed E-state index contributed by atoms with van der Waals surface area (Å²) in [6, 6.07) is 11.1. The van der Waals surface area contributed by atoms with E-state index >= 15 is 0 Å². The van der Waals surface area contributed by atoms with E-state index < -0.39 is 0 Å². The number of anilines is 1. The van der Waals surface area contributed by atoms with Crippen LogP contribution in [-0.4, -0.2) is 23.5 Å². The second-order valence-corrected chi connectivity index (χ2v) is 5.34. The fourth-order valence-electron chi connectivity index (χ4n) is 2.66. The molecule has 1 aliphatic rings. The summed E-state index contributed by atoms with van der Waals surface area (Å²) in [5.74, 6) is -0.234. The Morgan fingerprint density at radius 1 is 1.09 bits per heavy atom. The SMILES string of the molecule is O=C1CCN(c2ccc(-c3cnc4occc4c3)cc2)C(=O)N1. The van der Waals surface area contributed by atoms with Crippen molar-refractivity contribution in [3.05, 3.63) is 48.9 Å². The highest BCUT2D eigenvalue weighted by molar-refractivity contribution is 6.05. The first kappa shape index (κ1) is 13.5. The van der Waals surface area contributed by atoms with E-state index in [0.717, 1.165) is 22.2 Å². The zero-order chi connectivity index (χ0) is 15.8. The maximum atomic E-state index is 11.9. The molecule has 3 amide bonds. The summed E-state index contributed by atoms with van der Waals surface area (Å²) < 4.78 is 5.24. The quantitative estimate of drug-likeness (QED) is 0.790. The zero-order valence-electron chi connectivity index (χ0n) is 12.2. The van der Waals surface area contributed by atoms with Gasteiger partial charge >= 0.3 is 6.03 Å². The van der Waals surface area contributed by atoms with Crippen LogP contribution in [0.25, 0.3) is 22.2 Å². The molecule has 0 bridgehead atoms. The number of rotatable bonds is 2. The monoisotopic (exact) mass is 307 g/mol. The van der Waals surface area contributed by atoms with Crippen LogP contribution in [-0.2, 0) is 4.79 Å². The topological polar surface area (TPSA) is 75.4 Å². The van der Waals surface area contributed by atoms with Crippen molar-refractivity contribution >= 4 is 28.7 Å². The van der Waals surface area contributed by atoms with Crippen molar-refractivity contribution in [1.82, 2.24) is 10.3 Å². The molecule has 1 aromatic carbocycles. The van der Waals surface area contributed by atoms with Gasteiger partial charge in [-0.25, -0.2) is 9.78 Å². The van der Waals surface area contributed by atoms with Gasteiger partial charge in [0.05, 0.1) is 6.26 Å². The van der Waals surface area contributed by atoms with Crippen LogP contribution in [0.2, 0.25) is 0 Å². The lowest BCUT2D eigenvalue weighted by atomic mass is 10.1. The maximum Gasteiger partial charge on any atom is 0.328 e. The van der Waals surface area contributed by atoms with Crippen molar-refractivity contribution < 1.29 is 14.0 Å². The van der Waals surface area contributed by atoms with Crippen LogP contribution in [0.3, 0.4) is 0 Å². The van der Waals surface area contributed by atoms with E-state index in [9.17, 15) is 9.59 Å². The Hall–Kier alpha value is -3.15. The van der Waals surface area contributed by atoms with Crippen LogP contribution < -0.4 is 10.2 Å². The number of urea groups is 1. The molecule has 0 spiro atoms. The Bertz CT molecular complexity index is 899. The van der Waals surface area contributed by atoms with Crippen LogP contribution in [0.15, 0.2) is 53.3 Å². The molecule has 0 radical (unpaired) electrons. The number of aromatic nitrogens is 1. The number of fused-ring (bicyclic) bond motifs is 1. The fourth-order valence-corrected chi connectivity index (χ4v) is 2.66. The summed E-state index contributed by atoms with van der Waals surface area (Å²) in [5, 5.41) is 3.26. The van der Waals surface area contributed by atoms with Crippen LogP contribution in [0.1, 0.15) is 6.42 Å². The summed E-state index contributed by atoms with van der Waals surface area (Å²) in [6.07, 6.45) is 3.68. The molecule has 0 atom stereocenters. The molecule has 114 valence electrons. The van der Waals surface area contributed by atoms with Gasteiger partial charge in [0.25, 0.3) is 0 Å². The van der Waals surface area contributed by atoms with E-state index in [0.29, 0.717) is 18.7 Å². The third kappa shape index (κ3) is 2.44. The number of benzene rings is 1. The second kappa shape index (κ2) is 5.24. The van der Waals surface area contributed by atoms with E-state index in [-0.39, 0.29) is 11.9 Å². The predicted octanol–water partition coefficient (Wildman–Crippen LogP) is 2.94. The van der Waals surface area contributed by atoms with Gasteiger partial charge in [0, 0.05) is 35.8 Å². The number of hydrogen-bond acceptors (Lipinski definition) is 4. The normalized spacial score (nSPS) is 15.0. The van der Waals surface area contributed by atoms with Gasteiger partial charge in [0.2, 0.25) is 11.6 Å². The number of amides is 3. The van der Waals surface area contributed by atoms with E-state index in [1.54, 1.807) is 17.4 Å². The van der Waals surface area contributed by atoms with Gasteiger partial charge < -0.3 is 4.42 Å². The number of imide groups is 1. The van der Waals surface area contributed by atoms with Crippen molar-refractivity contribution in [3.8, 4) is 11.1 Å². The first-order valence-corrected chi connectivity index (χ1v) is 7.26. The van der Waals surface area contributed by atoms with E-state index in [4.69, 9.17) is 4.42 Å². The van der Waals surface area contributed by atoms with Crippen LogP contribution in [0.5, 0.6) is 0 Å². The van der Waals surface area contributed by atoms with Gasteiger partial charge in [-0.15, -0.1) is 0 Å². The Kier molecular flexibility index (Phi) is 3.08. The van der Waals surface area contributed by atoms with Gasteiger partial charge in [-0.3, -0.25) is 15.0 Å². The summed E-state index contributed by atoms with van der Waals surface area (Å²) >= 11 is 0. The van der Waals surface area contributed by atoms with Crippen molar-refractivity contribution in [3.63, 3.8) is 0 Å². The number of furan rings is 1. The lowest BCUT2D eigenvalue weighted by Crippen LogP contribution is -2.49. The van der Waals surface area contributed by atoms with Crippen LogP contribution >= 0.6 is 0 Å². The highest BCUT2D eigenvalue weighted by Crippen LogP contribution is 2.26. The lowest BCUT2D eigenvalue weighted by molar-refractivity contribution is -0.120. The number of nitrogens with one attached hydrogen (secondary N) is 1. The van der Waals surface area contributed by atoms with Gasteiger partial charge in [-0.05, 0) is 29.8 Å². The molecule has 0 unspecified atom stereocenters. The molecule has 1 saturated heterocycles. The van der Waals surface area contributed by atoms with Gasteiger partial charge in [-0.2, -0.15) is 0 Å². The van der Waals surface area contributed by atoms with Gasteiger partial charge in [0.15, 0.2) is 0 Å². The fraction of sp³-hybridized carbons (Fsp3) is 0.118. The molecule has 1 aliphatic heterocycles. The molecule has 4 rings (SSSR count). The van der Waals surface area contributed by atoms with Crippen molar-refractivity contribution in [1.29, 1.82) is 0 Å². The first-order valence-electron chi connectivity index (χ1n) is 7.26. The van der Waals surface area contributed by atoms with Crippen molar-refractivity contribution in [2.45, 2.75) is 6.42 Å². The predicted molar refractivity (Wildman–Crippen MR) is 84.9 cm³/mol. The summed E-state index contributed by atoms with van der Waals surface area (Å²) in [7, 11) is 0. The highest BCUT2D eigenvalue weighted by Gasteiger charge is 2.23. The summed E-state index contributed by atoms with van der Waals surface area (Å²) in [6.45, 7) is 0.395. The Balaban J connectivity index is 1.62. The molecule has 6 nitrogen and oxygen atoms in total. The molecule has 3 heterocycles. The Morgan fingerprint density at radius 2 is 1.91 bits per heavy atom. The Labute approximate surface area is 131 Å². The van der Waals surface area contributed by atoms with Crippen LogP contribution in [0.4, 0.5) is 10.5 Å². The number of nitrogens with zero attached hydrogens (tertiary/aromatic N) is 2. The minimum atomic E-state index is -0.379. The molecule has 0 aliphatic carbocycles. The second-order valence-electron chi connectivity index (χ2n) is 5.34. The van der Waals surface area contributed by atoms with Crippen molar-refractivity contribution in [2.24, 2.45) is 0 Å². The third-order valence-electron chi connectivity index (χ3n) is 3.87. The average molecular weight is 307 g/mol. The van der Waals surface area contributed by atoms with Crippen molar-refractivity contribution in [2.75, 3.05) is 11.4 Å². The molecule has 0 saturated carbocycles. The first-order chi connectivity index (χ1) is 11.2. The number of carbonyl (C=O) groups excluding carboxylic acids is 2. The van der Waals surface area contributed by atoms with Crippen LogP contribution in [0, 0.1) is 0 Å². The van der Waals surface area contributed by atoms with E-state index in [2.05, 4.69) is 10.3 Å². The Morgan fingerprint density at radius 3 is 2.70 bits per heavy atom. The zero-order valence-corrected chi connectivity index (χ0v) is 12.2. The summed E-state index contributed by atoms with van der Waals surface area (Å²) in [5.41, 5.74) is 3.35. The van der Waals surface area contributed by atoms with Gasteiger partial charge in [-0.1, -0.05) is 12.1 Å². The minimum Gasteiger partial charge on any atom is -0.446 e. The molecule has 1 N–H and O–H groups in total. The number of carbonyl (C=O) groups is 2. The number of hydrogen-bond donors (Lipinski definition) is 1. The molecule has 23 heavy (non-hydrogen) atoms. The highest BCUT2D eigenvalue weighted by atomic mass is 16.3. The van der Waals surface area contributed by atoms with E-state index in [1.807, 2.05) is 36.4 Å². The van der Waals surface area contributed by atoms with E-state index in [1.165, 1.54) is 0 Å². The molecule has 3 aromatic rings. The maximum absolute atomic E-state index is 11.9. The third-order valence-corrected chi connectivity index (χ3v) is 3.87. The number of pyridine rings is 1. The molecule has 2 aromatic heterocycles. The molecular weight excluding hydrogens is 294 g/mol. The molecule has 1 fully saturated rings. The lowest BCUT2D eigenvalue weighted by Gasteiger charge is -2.26. The average Bonchev–Trinajstić information content (AvgIpc) is 3.03. The largest absolute Gasteiger partial charge is 0.446 e. The minimum absolute atomic E-state index is 0.234. The molecule has 6 heteroatoms. The van der Waals surface area contributed by atoms with Gasteiger partial charge in [0.1, 0.15) is 0 Å². The molecular formula is C17H13N3O3.